The lowest BCUT2D eigenvalue weighted by Gasteiger charge is -2.19. The lowest BCUT2D eigenvalue weighted by molar-refractivity contribution is -0.144. The minimum atomic E-state index is -4.62. The van der Waals surface area contributed by atoms with Gasteiger partial charge in [-0.15, -0.1) is 0 Å². The Morgan fingerprint density at radius 3 is 2.96 bits per heavy atom. The number of aromatic nitrogens is 4. The van der Waals surface area contributed by atoms with Gasteiger partial charge in [0.15, 0.2) is 11.5 Å². The van der Waals surface area contributed by atoms with Crippen molar-refractivity contribution in [2.75, 3.05) is 37.0 Å². The molecule has 3 aromatic rings. The Morgan fingerprint density at radius 1 is 1.32 bits per heavy atom. The van der Waals surface area contributed by atoms with E-state index in [4.69, 9.17) is 4.74 Å². The second kappa shape index (κ2) is 7.17. The third-order valence-corrected chi connectivity index (χ3v) is 4.80. The lowest BCUT2D eigenvalue weighted by Crippen LogP contribution is -2.23. The van der Waals surface area contributed by atoms with Crippen molar-refractivity contribution >= 4 is 22.7 Å². The molecule has 0 radical (unpaired) electrons. The fourth-order valence-electron chi connectivity index (χ4n) is 3.37. The lowest BCUT2D eigenvalue weighted by atomic mass is 10.1. The summed E-state index contributed by atoms with van der Waals surface area (Å²) in [5.74, 6) is -0.0106. The van der Waals surface area contributed by atoms with Crippen LogP contribution >= 0.6 is 0 Å². The van der Waals surface area contributed by atoms with Crippen LogP contribution in [0.1, 0.15) is 12.2 Å². The molecule has 1 aromatic carbocycles. The Labute approximate surface area is 159 Å². The topological polar surface area (TPSA) is 79.0 Å². The van der Waals surface area contributed by atoms with Gasteiger partial charge in [-0.1, -0.05) is 6.07 Å². The van der Waals surface area contributed by atoms with Crippen LogP contribution in [0.5, 0.6) is 5.75 Å². The third-order valence-electron chi connectivity index (χ3n) is 4.80. The van der Waals surface area contributed by atoms with Crippen LogP contribution in [0.25, 0.3) is 11.2 Å². The number of anilines is 2. The van der Waals surface area contributed by atoms with Crippen molar-refractivity contribution in [1.29, 1.82) is 0 Å². The van der Waals surface area contributed by atoms with Crippen molar-refractivity contribution in [1.82, 2.24) is 19.9 Å². The molecular weight excluding hydrogens is 373 g/mol. The first-order valence-corrected chi connectivity index (χ1v) is 8.85. The molecule has 2 aromatic heterocycles. The molecule has 0 bridgehead atoms. The molecular formula is C18H19F3N6O. The Hall–Kier alpha value is -3.04. The number of alkyl halides is 3. The number of nitrogens with zero attached hydrogens (tertiary/aromatic N) is 4. The number of nitrogens with one attached hydrogen (secondary N) is 2. The van der Waals surface area contributed by atoms with Gasteiger partial charge >= 0.3 is 6.18 Å². The molecule has 1 aliphatic heterocycles. The summed E-state index contributed by atoms with van der Waals surface area (Å²) in [5.41, 5.74) is 1.43. The van der Waals surface area contributed by atoms with E-state index in [2.05, 4.69) is 30.2 Å². The van der Waals surface area contributed by atoms with E-state index in [9.17, 15) is 13.2 Å². The van der Waals surface area contributed by atoms with E-state index in [1.807, 2.05) is 24.3 Å². The summed E-state index contributed by atoms with van der Waals surface area (Å²) >= 11 is 0. The van der Waals surface area contributed by atoms with Crippen LogP contribution in [0.15, 0.2) is 30.6 Å². The normalized spacial score (nSPS) is 17.3. The highest BCUT2D eigenvalue weighted by atomic mass is 19.4. The first kappa shape index (κ1) is 18.3. The first-order valence-electron chi connectivity index (χ1n) is 8.85. The second-order valence-electron chi connectivity index (χ2n) is 6.68. The molecule has 3 heterocycles. The maximum Gasteiger partial charge on any atom is 0.451 e. The Morgan fingerprint density at radius 2 is 2.18 bits per heavy atom. The second-order valence-corrected chi connectivity index (χ2v) is 6.68. The van der Waals surface area contributed by atoms with E-state index < -0.39 is 12.0 Å². The summed E-state index contributed by atoms with van der Waals surface area (Å²) in [4.78, 5) is 16.0. The van der Waals surface area contributed by atoms with Crippen LogP contribution in [0, 0.1) is 5.92 Å². The van der Waals surface area contributed by atoms with Crippen molar-refractivity contribution in [3.8, 4) is 5.75 Å². The van der Waals surface area contributed by atoms with Crippen molar-refractivity contribution < 1.29 is 17.9 Å². The van der Waals surface area contributed by atoms with Crippen molar-refractivity contribution in [3.05, 3.63) is 36.4 Å². The zero-order chi connectivity index (χ0) is 19.7. The van der Waals surface area contributed by atoms with Gasteiger partial charge in [0.05, 0.1) is 13.4 Å². The van der Waals surface area contributed by atoms with Gasteiger partial charge in [-0.3, -0.25) is 0 Å². The minimum Gasteiger partial charge on any atom is -0.497 e. The maximum absolute atomic E-state index is 13.0. The predicted molar refractivity (Wildman–Crippen MR) is 98.5 cm³/mol. The summed E-state index contributed by atoms with van der Waals surface area (Å²) < 4.78 is 44.4. The quantitative estimate of drug-likeness (QED) is 0.694. The van der Waals surface area contributed by atoms with Gasteiger partial charge in [0, 0.05) is 31.4 Å². The van der Waals surface area contributed by atoms with Gasteiger partial charge in [-0.05, 0) is 24.5 Å². The standard InChI is InChI=1S/C18H19F3N6O/c1-28-13-4-2-3-12(7-13)27-6-5-11(9-27)8-22-15-14-16(24-10-23-14)26-17(25-15)18(19,20)21/h2-4,7,10-11H,5-6,8-9H2,1H3,(H2,22,23,24,25,26)/t11-/m1/s1. The summed E-state index contributed by atoms with van der Waals surface area (Å²) in [6.07, 6.45) is -2.39. The van der Waals surface area contributed by atoms with Gasteiger partial charge in [0.25, 0.3) is 0 Å². The van der Waals surface area contributed by atoms with Crippen LogP contribution < -0.4 is 15.0 Å². The molecule has 1 aliphatic rings. The largest absolute Gasteiger partial charge is 0.497 e. The molecule has 10 heteroatoms. The summed E-state index contributed by atoms with van der Waals surface area (Å²) in [7, 11) is 1.63. The van der Waals surface area contributed by atoms with E-state index in [-0.39, 0.29) is 17.4 Å². The van der Waals surface area contributed by atoms with E-state index in [0.29, 0.717) is 12.1 Å². The zero-order valence-electron chi connectivity index (χ0n) is 15.1. The number of aromatic amines is 1. The third kappa shape index (κ3) is 3.67. The molecule has 0 spiro atoms. The van der Waals surface area contributed by atoms with Crippen LogP contribution in [0.2, 0.25) is 0 Å². The summed E-state index contributed by atoms with van der Waals surface area (Å²) in [5, 5.41) is 3.05. The molecule has 1 saturated heterocycles. The molecule has 0 unspecified atom stereocenters. The molecule has 2 N–H and O–H groups in total. The number of rotatable bonds is 5. The van der Waals surface area contributed by atoms with E-state index >= 15 is 0 Å². The van der Waals surface area contributed by atoms with Crippen LogP contribution in [0.3, 0.4) is 0 Å². The summed E-state index contributed by atoms with van der Waals surface area (Å²) in [6, 6.07) is 7.83. The molecule has 148 valence electrons. The molecule has 7 nitrogen and oxygen atoms in total. The number of imidazole rings is 1. The minimum absolute atomic E-state index is 0.00532. The van der Waals surface area contributed by atoms with Gasteiger partial charge in [-0.25, -0.2) is 15.0 Å². The number of methoxy groups -OCH3 is 1. The summed E-state index contributed by atoms with van der Waals surface area (Å²) in [6.45, 7) is 2.17. The highest BCUT2D eigenvalue weighted by Crippen LogP contribution is 2.30. The Kier molecular flexibility index (Phi) is 4.70. The molecule has 1 fully saturated rings. The van der Waals surface area contributed by atoms with Gasteiger partial charge < -0.3 is 19.9 Å². The molecule has 0 amide bonds. The van der Waals surface area contributed by atoms with Crippen molar-refractivity contribution in [3.63, 3.8) is 0 Å². The highest BCUT2D eigenvalue weighted by Gasteiger charge is 2.36. The number of H-pyrrole nitrogens is 1. The number of hydrogen-bond acceptors (Lipinski definition) is 6. The van der Waals surface area contributed by atoms with E-state index in [1.165, 1.54) is 6.33 Å². The smallest absolute Gasteiger partial charge is 0.451 e. The van der Waals surface area contributed by atoms with E-state index in [0.717, 1.165) is 30.9 Å². The molecule has 4 rings (SSSR count). The fourth-order valence-corrected chi connectivity index (χ4v) is 3.37. The predicted octanol–water partition coefficient (Wildman–Crippen LogP) is 3.32. The van der Waals surface area contributed by atoms with Gasteiger partial charge in [0.2, 0.25) is 5.82 Å². The number of halogens is 3. The number of ether oxygens (including phenoxy) is 1. The fraction of sp³-hybridized carbons (Fsp3) is 0.389. The molecule has 28 heavy (non-hydrogen) atoms. The van der Waals surface area contributed by atoms with Crippen molar-refractivity contribution in [2.24, 2.45) is 5.92 Å². The number of hydrogen-bond donors (Lipinski definition) is 2. The van der Waals surface area contributed by atoms with Crippen LogP contribution in [-0.2, 0) is 6.18 Å². The maximum atomic E-state index is 13.0. The van der Waals surface area contributed by atoms with E-state index in [1.54, 1.807) is 7.11 Å². The average molecular weight is 392 g/mol. The van der Waals surface area contributed by atoms with Crippen LogP contribution in [-0.4, -0.2) is 46.7 Å². The van der Waals surface area contributed by atoms with Gasteiger partial charge in [-0.2, -0.15) is 13.2 Å². The number of benzene rings is 1. The highest BCUT2D eigenvalue weighted by molar-refractivity contribution is 5.82. The Bertz CT molecular complexity index is 973. The first-order chi connectivity index (χ1) is 13.4. The zero-order valence-corrected chi connectivity index (χ0v) is 15.1. The molecule has 1 atom stereocenters. The van der Waals surface area contributed by atoms with Gasteiger partial charge in [0.1, 0.15) is 11.3 Å². The average Bonchev–Trinajstić information content (AvgIpc) is 3.34. The number of fused-ring (bicyclic) bond motifs is 1. The molecule has 0 aliphatic carbocycles. The SMILES string of the molecule is COc1cccc(N2CC[C@H](CNc3nc(C(F)(F)F)nc4nc[nH]c34)C2)c1. The Balaban J connectivity index is 1.46. The molecule has 0 saturated carbocycles. The van der Waals surface area contributed by atoms with Crippen LogP contribution in [0.4, 0.5) is 24.7 Å². The van der Waals surface area contributed by atoms with Crippen molar-refractivity contribution in [2.45, 2.75) is 12.6 Å². The monoisotopic (exact) mass is 392 g/mol.